The zero-order valence-electron chi connectivity index (χ0n) is 14.6. The van der Waals surface area contributed by atoms with Crippen LogP contribution in [0, 0.1) is 0 Å². The van der Waals surface area contributed by atoms with E-state index in [9.17, 15) is 0 Å². The number of para-hydroxylation sites is 1. The van der Waals surface area contributed by atoms with E-state index in [1.807, 2.05) is 54.6 Å². The summed E-state index contributed by atoms with van der Waals surface area (Å²) in [6.45, 7) is 0. The molecule has 0 spiro atoms. The first-order chi connectivity index (χ1) is 13.4. The Hall–Kier alpha value is -2.99. The van der Waals surface area contributed by atoms with Gasteiger partial charge in [0.15, 0.2) is 5.82 Å². The Labute approximate surface area is 161 Å². The van der Waals surface area contributed by atoms with Crippen LogP contribution in [0.3, 0.4) is 0 Å². The molecule has 2 aromatic heterocycles. The van der Waals surface area contributed by atoms with Gasteiger partial charge >= 0.3 is 0 Å². The number of nitrogens with zero attached hydrogens (tertiary/aromatic N) is 5. The fraction of sp³-hybridized carbons (Fsp3) is 0.143. The third-order valence-electron chi connectivity index (χ3n) is 4.47. The van der Waals surface area contributed by atoms with E-state index < -0.39 is 0 Å². The van der Waals surface area contributed by atoms with Gasteiger partial charge in [-0.2, -0.15) is 0 Å². The highest BCUT2D eigenvalue weighted by Gasteiger charge is 2.31. The van der Waals surface area contributed by atoms with Crippen LogP contribution < -0.4 is 0 Å². The van der Waals surface area contributed by atoms with Crippen molar-refractivity contribution in [3.05, 3.63) is 78.8 Å². The summed E-state index contributed by atoms with van der Waals surface area (Å²) >= 11 is 1.52. The van der Waals surface area contributed by atoms with Gasteiger partial charge in [-0.05, 0) is 42.8 Å². The van der Waals surface area contributed by atoms with E-state index in [1.165, 1.54) is 24.6 Å². The van der Waals surface area contributed by atoms with Gasteiger partial charge in [-0.3, -0.25) is 4.57 Å². The van der Waals surface area contributed by atoms with E-state index in [4.69, 9.17) is 4.98 Å². The number of hydrogen-bond acceptors (Lipinski definition) is 5. The molecule has 27 heavy (non-hydrogen) atoms. The highest BCUT2D eigenvalue weighted by molar-refractivity contribution is 7.99. The molecule has 0 radical (unpaired) electrons. The number of rotatable bonds is 5. The second kappa shape index (κ2) is 6.96. The summed E-state index contributed by atoms with van der Waals surface area (Å²) in [4.78, 5) is 9.12. The molecule has 5 nitrogen and oxygen atoms in total. The van der Waals surface area contributed by atoms with E-state index in [1.54, 1.807) is 6.20 Å². The van der Waals surface area contributed by atoms with Crippen LogP contribution in [0.2, 0.25) is 0 Å². The van der Waals surface area contributed by atoms with Crippen molar-refractivity contribution in [1.29, 1.82) is 0 Å². The molecule has 0 unspecified atom stereocenters. The summed E-state index contributed by atoms with van der Waals surface area (Å²) in [5.41, 5.74) is 2.09. The quantitative estimate of drug-likeness (QED) is 0.474. The third-order valence-corrected chi connectivity index (χ3v) is 5.36. The molecule has 1 saturated carbocycles. The molecule has 0 bridgehead atoms. The first-order valence-electron chi connectivity index (χ1n) is 8.95. The van der Waals surface area contributed by atoms with Gasteiger partial charge in [-0.1, -0.05) is 48.5 Å². The summed E-state index contributed by atoms with van der Waals surface area (Å²) in [6, 6.07) is 22.2. The van der Waals surface area contributed by atoms with Gasteiger partial charge in [0.25, 0.3) is 0 Å². The minimum Gasteiger partial charge on any atom is -0.273 e. The van der Waals surface area contributed by atoms with Crippen LogP contribution in [0.25, 0.3) is 17.1 Å². The summed E-state index contributed by atoms with van der Waals surface area (Å²) in [5.74, 6) is 2.27. The fourth-order valence-electron chi connectivity index (χ4n) is 2.99. The molecule has 1 fully saturated rings. The average molecular weight is 371 g/mol. The molecule has 2 heterocycles. The molecule has 0 aliphatic heterocycles. The topological polar surface area (TPSA) is 56.5 Å². The standard InChI is InChI=1S/C21H17N5S/c1-3-7-15(8-4-1)19-22-14-13-18(23-19)27-21-25-24-20(16-11-12-16)26(21)17-9-5-2-6-10-17/h1-10,13-14,16H,11-12H2. The summed E-state index contributed by atoms with van der Waals surface area (Å²) in [7, 11) is 0. The second-order valence-electron chi connectivity index (χ2n) is 6.47. The molecule has 0 saturated heterocycles. The smallest absolute Gasteiger partial charge is 0.202 e. The summed E-state index contributed by atoms with van der Waals surface area (Å²) in [6.07, 6.45) is 4.16. The normalized spacial score (nSPS) is 13.6. The fourth-order valence-corrected chi connectivity index (χ4v) is 3.81. The number of benzene rings is 2. The van der Waals surface area contributed by atoms with Crippen LogP contribution in [-0.4, -0.2) is 24.7 Å². The van der Waals surface area contributed by atoms with Gasteiger partial charge in [0.1, 0.15) is 10.9 Å². The molecule has 0 atom stereocenters. The predicted molar refractivity (Wildman–Crippen MR) is 105 cm³/mol. The van der Waals surface area contributed by atoms with Crippen LogP contribution in [0.4, 0.5) is 0 Å². The van der Waals surface area contributed by atoms with Crippen LogP contribution in [-0.2, 0) is 0 Å². The van der Waals surface area contributed by atoms with Gasteiger partial charge in [0.2, 0.25) is 5.16 Å². The van der Waals surface area contributed by atoms with E-state index in [0.29, 0.717) is 11.7 Å². The van der Waals surface area contributed by atoms with E-state index in [-0.39, 0.29) is 0 Å². The van der Waals surface area contributed by atoms with E-state index in [2.05, 4.69) is 31.9 Å². The Morgan fingerprint density at radius 1 is 0.852 bits per heavy atom. The lowest BCUT2D eigenvalue weighted by Gasteiger charge is -2.09. The Kier molecular flexibility index (Phi) is 4.18. The van der Waals surface area contributed by atoms with Crippen molar-refractivity contribution in [3.8, 4) is 17.1 Å². The number of aromatic nitrogens is 5. The Morgan fingerprint density at radius 2 is 1.59 bits per heavy atom. The zero-order valence-corrected chi connectivity index (χ0v) is 15.4. The molecule has 0 amide bonds. The summed E-state index contributed by atoms with van der Waals surface area (Å²) < 4.78 is 2.16. The van der Waals surface area contributed by atoms with Crippen LogP contribution in [0.5, 0.6) is 0 Å². The minimum atomic E-state index is 0.511. The van der Waals surface area contributed by atoms with Crippen LogP contribution >= 0.6 is 11.8 Å². The monoisotopic (exact) mass is 371 g/mol. The first kappa shape index (κ1) is 16.2. The van der Waals surface area contributed by atoms with Gasteiger partial charge in [-0.15, -0.1) is 10.2 Å². The Balaban J connectivity index is 1.52. The van der Waals surface area contributed by atoms with E-state index in [0.717, 1.165) is 27.3 Å². The van der Waals surface area contributed by atoms with Gasteiger partial charge in [0.05, 0.1) is 0 Å². The lowest BCUT2D eigenvalue weighted by atomic mass is 10.2. The minimum absolute atomic E-state index is 0.511. The van der Waals surface area contributed by atoms with Crippen molar-refractivity contribution in [2.24, 2.45) is 0 Å². The van der Waals surface area contributed by atoms with Crippen molar-refractivity contribution < 1.29 is 0 Å². The third kappa shape index (κ3) is 3.36. The Bertz CT molecular complexity index is 1060. The molecule has 0 N–H and O–H groups in total. The Morgan fingerprint density at radius 3 is 2.33 bits per heavy atom. The van der Waals surface area contributed by atoms with Crippen molar-refractivity contribution in [2.45, 2.75) is 28.9 Å². The molecule has 132 valence electrons. The predicted octanol–water partition coefficient (Wildman–Crippen LogP) is 4.75. The highest BCUT2D eigenvalue weighted by atomic mass is 32.2. The average Bonchev–Trinajstić information content (AvgIpc) is 3.50. The van der Waals surface area contributed by atoms with Crippen LogP contribution in [0.15, 0.2) is 83.1 Å². The molecular formula is C21H17N5S. The molecule has 2 aromatic carbocycles. The van der Waals surface area contributed by atoms with Crippen molar-refractivity contribution in [2.75, 3.05) is 0 Å². The van der Waals surface area contributed by atoms with Gasteiger partial charge < -0.3 is 0 Å². The van der Waals surface area contributed by atoms with Crippen molar-refractivity contribution in [1.82, 2.24) is 24.7 Å². The maximum Gasteiger partial charge on any atom is 0.202 e. The molecule has 1 aliphatic carbocycles. The molecule has 5 rings (SSSR count). The van der Waals surface area contributed by atoms with Crippen molar-refractivity contribution >= 4 is 11.8 Å². The number of hydrogen-bond donors (Lipinski definition) is 0. The maximum absolute atomic E-state index is 4.71. The van der Waals surface area contributed by atoms with Crippen molar-refractivity contribution in [3.63, 3.8) is 0 Å². The SMILES string of the molecule is c1ccc(-c2nccc(Sc3nnc(C4CC4)n3-c3ccccc3)n2)cc1. The molecule has 6 heteroatoms. The molecule has 1 aliphatic rings. The molecule has 4 aromatic rings. The van der Waals surface area contributed by atoms with Gasteiger partial charge in [0, 0.05) is 23.4 Å². The second-order valence-corrected chi connectivity index (χ2v) is 7.46. The van der Waals surface area contributed by atoms with E-state index >= 15 is 0 Å². The molecular weight excluding hydrogens is 354 g/mol. The largest absolute Gasteiger partial charge is 0.273 e. The lowest BCUT2D eigenvalue weighted by molar-refractivity contribution is 0.828. The lowest BCUT2D eigenvalue weighted by Crippen LogP contribution is -2.01. The van der Waals surface area contributed by atoms with Crippen LogP contribution in [0.1, 0.15) is 24.6 Å². The first-order valence-corrected chi connectivity index (χ1v) is 9.77. The van der Waals surface area contributed by atoms with Gasteiger partial charge in [-0.25, -0.2) is 9.97 Å². The highest BCUT2D eigenvalue weighted by Crippen LogP contribution is 2.41. The summed E-state index contributed by atoms with van der Waals surface area (Å²) in [5, 5.41) is 10.6. The zero-order chi connectivity index (χ0) is 18.1. The maximum atomic E-state index is 4.71.